The van der Waals surface area contributed by atoms with Crippen molar-refractivity contribution < 1.29 is 14.3 Å². The van der Waals surface area contributed by atoms with E-state index >= 15 is 0 Å². The minimum atomic E-state index is -0.609. The Bertz CT molecular complexity index is 1440. The summed E-state index contributed by atoms with van der Waals surface area (Å²) in [4.78, 5) is 22.9. The van der Waals surface area contributed by atoms with Gasteiger partial charge in [0.2, 0.25) is 0 Å². The molecule has 3 N–H and O–H groups in total. The van der Waals surface area contributed by atoms with Crippen molar-refractivity contribution in [1.29, 1.82) is 0 Å². The number of nitrogens with zero attached hydrogens (tertiary/aromatic N) is 5. The predicted molar refractivity (Wildman–Crippen MR) is 122 cm³/mol. The first-order chi connectivity index (χ1) is 16.0. The number of aromatic hydroxyl groups is 1. The topological polar surface area (TPSA) is 110 Å². The Morgan fingerprint density at radius 2 is 2.09 bits per heavy atom. The number of anilines is 2. The summed E-state index contributed by atoms with van der Waals surface area (Å²) in [7, 11) is 0. The molecule has 1 aliphatic heterocycles. The maximum absolute atomic E-state index is 14.0. The number of benzene rings is 2. The van der Waals surface area contributed by atoms with Crippen molar-refractivity contribution in [3.8, 4) is 17.0 Å². The third-order valence-corrected chi connectivity index (χ3v) is 5.64. The molecule has 1 atom stereocenters. The van der Waals surface area contributed by atoms with Crippen molar-refractivity contribution in [2.24, 2.45) is 0 Å². The number of nitrogens with two attached hydrogens (primary N) is 1. The van der Waals surface area contributed by atoms with E-state index in [0.29, 0.717) is 35.3 Å². The van der Waals surface area contributed by atoms with Gasteiger partial charge in [-0.2, -0.15) is 5.10 Å². The fraction of sp³-hybridized carbons (Fsp3) is 0.125. The van der Waals surface area contributed by atoms with Gasteiger partial charge in [0.15, 0.2) is 5.65 Å². The normalized spacial score (nSPS) is 15.2. The Morgan fingerprint density at radius 3 is 2.88 bits per heavy atom. The van der Waals surface area contributed by atoms with Crippen LogP contribution < -0.4 is 10.6 Å². The largest absolute Gasteiger partial charge is 0.508 e. The molecular weight excluding hydrogens is 423 g/mol. The van der Waals surface area contributed by atoms with Gasteiger partial charge >= 0.3 is 0 Å². The van der Waals surface area contributed by atoms with Gasteiger partial charge in [0.1, 0.15) is 29.4 Å². The third kappa shape index (κ3) is 3.50. The second-order valence-electron chi connectivity index (χ2n) is 7.73. The van der Waals surface area contributed by atoms with Crippen molar-refractivity contribution in [1.82, 2.24) is 19.7 Å². The number of carbonyl (C=O) groups excluding carboxylic acids is 1. The first-order valence-electron chi connectivity index (χ1n) is 10.2. The van der Waals surface area contributed by atoms with E-state index in [1.807, 2.05) is 24.3 Å². The Hall–Kier alpha value is -4.49. The van der Waals surface area contributed by atoms with Crippen LogP contribution in [0.4, 0.5) is 15.9 Å². The van der Waals surface area contributed by atoms with E-state index < -0.39 is 5.82 Å². The minimum absolute atomic E-state index is 0.184. The van der Waals surface area contributed by atoms with Gasteiger partial charge in [-0.3, -0.25) is 4.79 Å². The van der Waals surface area contributed by atoms with Gasteiger partial charge in [-0.05, 0) is 30.2 Å². The molecule has 1 aliphatic rings. The molecule has 0 saturated carbocycles. The highest BCUT2D eigenvalue weighted by molar-refractivity contribution is 6.02. The van der Waals surface area contributed by atoms with E-state index in [0.717, 1.165) is 17.3 Å². The van der Waals surface area contributed by atoms with Gasteiger partial charge in [-0.25, -0.2) is 19.0 Å². The van der Waals surface area contributed by atoms with E-state index in [-0.39, 0.29) is 23.5 Å². The number of para-hydroxylation sites is 1. The number of fused-ring (bicyclic) bond motifs is 2. The van der Waals surface area contributed by atoms with Gasteiger partial charge in [-0.1, -0.05) is 24.8 Å². The SMILES string of the molecule is C=C=CC(=O)N1CC(n2nc(-c3cc(O)cc(F)c3)c3c(N)ncnc32)Cc2ccccc21. The number of hydrogen-bond donors (Lipinski definition) is 2. The number of aromatic nitrogens is 4. The molecule has 164 valence electrons. The Balaban J connectivity index is 1.69. The fourth-order valence-electron chi connectivity index (χ4n) is 4.27. The van der Waals surface area contributed by atoms with Crippen LogP contribution in [0, 0.1) is 5.82 Å². The molecule has 0 spiro atoms. The van der Waals surface area contributed by atoms with Crippen LogP contribution in [0.5, 0.6) is 5.75 Å². The van der Waals surface area contributed by atoms with Gasteiger partial charge in [0, 0.05) is 29.9 Å². The zero-order chi connectivity index (χ0) is 23.1. The molecule has 0 aliphatic carbocycles. The lowest BCUT2D eigenvalue weighted by atomic mass is 9.97. The lowest BCUT2D eigenvalue weighted by Crippen LogP contribution is -2.40. The average molecular weight is 442 g/mol. The number of nitrogen functional groups attached to an aromatic ring is 1. The Morgan fingerprint density at radius 1 is 1.27 bits per heavy atom. The van der Waals surface area contributed by atoms with Crippen molar-refractivity contribution >= 4 is 28.4 Å². The summed E-state index contributed by atoms with van der Waals surface area (Å²) in [6.45, 7) is 3.82. The molecule has 1 amide bonds. The summed E-state index contributed by atoms with van der Waals surface area (Å²) in [5.41, 5.74) is 11.6. The third-order valence-electron chi connectivity index (χ3n) is 5.64. The standard InChI is InChI=1S/C24H19FN6O2/c1-2-5-20(33)30-12-17(9-14-6-3-4-7-19(14)30)31-24-21(23(26)27-13-28-24)22(29-31)15-8-16(25)11-18(32)10-15/h3-8,10-11,13,17,32H,1,9,12H2,(H2,26,27,28). The summed E-state index contributed by atoms with van der Waals surface area (Å²) in [5.74, 6) is -0.905. The van der Waals surface area contributed by atoms with Crippen LogP contribution in [0.15, 0.2) is 67.2 Å². The zero-order valence-corrected chi connectivity index (χ0v) is 17.4. The summed E-state index contributed by atoms with van der Waals surface area (Å²) in [5, 5.41) is 15.1. The molecule has 9 heteroatoms. The summed E-state index contributed by atoms with van der Waals surface area (Å²) >= 11 is 0. The highest BCUT2D eigenvalue weighted by Crippen LogP contribution is 2.37. The summed E-state index contributed by atoms with van der Waals surface area (Å²) in [6.07, 6.45) is 3.22. The van der Waals surface area contributed by atoms with E-state index in [1.165, 1.54) is 24.5 Å². The van der Waals surface area contributed by atoms with E-state index in [2.05, 4.69) is 22.3 Å². The lowest BCUT2D eigenvalue weighted by Gasteiger charge is -2.34. The number of rotatable bonds is 3. The lowest BCUT2D eigenvalue weighted by molar-refractivity contribution is -0.114. The number of halogens is 1. The monoisotopic (exact) mass is 442 g/mol. The van der Waals surface area contributed by atoms with E-state index in [1.54, 1.807) is 9.58 Å². The van der Waals surface area contributed by atoms with E-state index in [4.69, 9.17) is 10.8 Å². The Labute approximate surface area is 188 Å². The molecule has 1 unspecified atom stereocenters. The number of phenols is 1. The van der Waals surface area contributed by atoms with Crippen molar-refractivity contribution in [2.45, 2.75) is 12.5 Å². The van der Waals surface area contributed by atoms with Crippen LogP contribution in [-0.4, -0.2) is 37.3 Å². The molecule has 0 radical (unpaired) electrons. The summed E-state index contributed by atoms with van der Waals surface area (Å²) < 4.78 is 15.7. The average Bonchev–Trinajstić information content (AvgIpc) is 3.19. The van der Waals surface area contributed by atoms with Crippen molar-refractivity contribution in [2.75, 3.05) is 17.2 Å². The molecule has 0 bridgehead atoms. The highest BCUT2D eigenvalue weighted by Gasteiger charge is 2.31. The smallest absolute Gasteiger partial charge is 0.258 e. The van der Waals surface area contributed by atoms with Crippen LogP contribution in [0.1, 0.15) is 11.6 Å². The zero-order valence-electron chi connectivity index (χ0n) is 17.4. The molecule has 8 nitrogen and oxygen atoms in total. The van der Waals surface area contributed by atoms with Gasteiger partial charge in [0.25, 0.3) is 5.91 Å². The predicted octanol–water partition coefficient (Wildman–Crippen LogP) is 3.39. The maximum atomic E-state index is 14.0. The molecular formula is C24H19FN6O2. The van der Waals surface area contributed by atoms with Gasteiger partial charge in [0.05, 0.1) is 11.4 Å². The second-order valence-corrected chi connectivity index (χ2v) is 7.73. The minimum Gasteiger partial charge on any atom is -0.508 e. The molecule has 3 heterocycles. The molecule has 2 aromatic carbocycles. The van der Waals surface area contributed by atoms with Crippen molar-refractivity contribution in [3.05, 3.63) is 78.6 Å². The molecule has 0 fully saturated rings. The summed E-state index contributed by atoms with van der Waals surface area (Å²) in [6, 6.07) is 11.0. The number of phenolic OH excluding ortho intramolecular Hbond substituents is 1. The molecule has 5 rings (SSSR count). The molecule has 2 aromatic heterocycles. The fourth-order valence-corrected chi connectivity index (χ4v) is 4.27. The second kappa shape index (κ2) is 7.89. The van der Waals surface area contributed by atoms with E-state index in [9.17, 15) is 14.3 Å². The van der Waals surface area contributed by atoms with Crippen molar-refractivity contribution in [3.63, 3.8) is 0 Å². The van der Waals surface area contributed by atoms with Crippen LogP contribution in [0.2, 0.25) is 0 Å². The van der Waals surface area contributed by atoms with Crippen LogP contribution in [0.25, 0.3) is 22.3 Å². The van der Waals surface area contributed by atoms with Gasteiger partial charge in [-0.15, -0.1) is 5.73 Å². The molecule has 33 heavy (non-hydrogen) atoms. The highest BCUT2D eigenvalue weighted by atomic mass is 19.1. The maximum Gasteiger partial charge on any atom is 0.258 e. The first-order valence-corrected chi connectivity index (χ1v) is 10.2. The van der Waals surface area contributed by atoms with Crippen LogP contribution >= 0.6 is 0 Å². The number of carbonyl (C=O) groups is 1. The van der Waals surface area contributed by atoms with Crippen LogP contribution in [-0.2, 0) is 11.2 Å². The number of hydrogen-bond acceptors (Lipinski definition) is 6. The Kier molecular flexibility index (Phi) is 4.88. The molecule has 4 aromatic rings. The number of amides is 1. The molecule has 0 saturated heterocycles. The van der Waals surface area contributed by atoms with Crippen LogP contribution in [0.3, 0.4) is 0 Å². The van der Waals surface area contributed by atoms with Gasteiger partial charge < -0.3 is 15.7 Å². The first kappa shape index (κ1) is 20.4. The quantitative estimate of drug-likeness (QED) is 0.372.